The molecule has 16 heavy (non-hydrogen) atoms. The molecule has 0 radical (unpaired) electrons. The molecule has 1 aromatic heterocycles. The van der Waals surface area contributed by atoms with Gasteiger partial charge in [-0.25, -0.2) is 0 Å². The van der Waals surface area contributed by atoms with Crippen LogP contribution >= 0.6 is 0 Å². The zero-order valence-electron chi connectivity index (χ0n) is 10.1. The largest absolute Gasteiger partial charge is 0.364 e. The summed E-state index contributed by atoms with van der Waals surface area (Å²) in [6, 6.07) is 2.62. The quantitative estimate of drug-likeness (QED) is 0.839. The van der Waals surface area contributed by atoms with Crippen LogP contribution in [-0.2, 0) is 6.54 Å². The molecule has 0 aromatic carbocycles. The topological polar surface area (TPSA) is 41.3 Å². The van der Waals surface area contributed by atoms with E-state index in [1.807, 2.05) is 6.07 Å². The highest BCUT2D eigenvalue weighted by atomic mass is 16.5. The van der Waals surface area contributed by atoms with E-state index in [2.05, 4.69) is 29.2 Å². The summed E-state index contributed by atoms with van der Waals surface area (Å²) in [6.07, 6.45) is 2.87. The van der Waals surface area contributed by atoms with Crippen molar-refractivity contribution in [2.24, 2.45) is 5.92 Å². The normalized spacial score (nSPS) is 27.1. The van der Waals surface area contributed by atoms with E-state index in [4.69, 9.17) is 4.52 Å². The summed E-state index contributed by atoms with van der Waals surface area (Å²) < 4.78 is 4.85. The number of nitrogens with zero attached hydrogens (tertiary/aromatic N) is 2. The van der Waals surface area contributed by atoms with Crippen molar-refractivity contribution < 1.29 is 4.52 Å². The number of likely N-dealkylation sites (tertiary alicyclic amines) is 1. The Bertz CT molecular complexity index is 299. The molecule has 4 nitrogen and oxygen atoms in total. The molecule has 0 saturated carbocycles. The van der Waals surface area contributed by atoms with Crippen LogP contribution in [0.5, 0.6) is 0 Å². The Morgan fingerprint density at radius 2 is 2.50 bits per heavy atom. The van der Waals surface area contributed by atoms with E-state index in [1.165, 1.54) is 6.42 Å². The van der Waals surface area contributed by atoms with Gasteiger partial charge in [0.05, 0.1) is 5.69 Å². The second-order valence-electron chi connectivity index (χ2n) is 4.66. The van der Waals surface area contributed by atoms with Crippen molar-refractivity contribution >= 4 is 0 Å². The lowest BCUT2D eigenvalue weighted by Crippen LogP contribution is -2.47. The number of hydrogen-bond acceptors (Lipinski definition) is 4. The fourth-order valence-electron chi connectivity index (χ4n) is 2.49. The van der Waals surface area contributed by atoms with Crippen LogP contribution in [0.2, 0.25) is 0 Å². The van der Waals surface area contributed by atoms with Gasteiger partial charge in [0.15, 0.2) is 0 Å². The van der Waals surface area contributed by atoms with Gasteiger partial charge in [0.25, 0.3) is 0 Å². The van der Waals surface area contributed by atoms with Crippen molar-refractivity contribution in [1.29, 1.82) is 0 Å². The number of hydrogen-bond donors (Lipinski definition) is 1. The van der Waals surface area contributed by atoms with Crippen LogP contribution in [0.3, 0.4) is 0 Å². The number of nitrogens with one attached hydrogen (secondary N) is 1. The predicted molar refractivity (Wildman–Crippen MR) is 63.0 cm³/mol. The third-order valence-corrected chi connectivity index (χ3v) is 3.33. The lowest BCUT2D eigenvalue weighted by Gasteiger charge is -2.36. The molecule has 0 spiro atoms. The third kappa shape index (κ3) is 2.83. The highest BCUT2D eigenvalue weighted by molar-refractivity contribution is 4.96. The Kier molecular flexibility index (Phi) is 3.96. The Morgan fingerprint density at radius 1 is 1.62 bits per heavy atom. The minimum absolute atomic E-state index is 0.679. The zero-order valence-corrected chi connectivity index (χ0v) is 10.1. The van der Waals surface area contributed by atoms with E-state index in [-0.39, 0.29) is 0 Å². The summed E-state index contributed by atoms with van der Waals surface area (Å²) in [5, 5.41) is 7.51. The molecule has 1 aliphatic heterocycles. The summed E-state index contributed by atoms with van der Waals surface area (Å²) in [6.45, 7) is 8.77. The van der Waals surface area contributed by atoms with Crippen LogP contribution in [-0.4, -0.2) is 35.7 Å². The summed E-state index contributed by atoms with van der Waals surface area (Å²) in [7, 11) is 0. The van der Waals surface area contributed by atoms with Crippen LogP contribution in [0.25, 0.3) is 0 Å². The molecular weight excluding hydrogens is 202 g/mol. The van der Waals surface area contributed by atoms with Gasteiger partial charge in [-0.1, -0.05) is 19.0 Å². The van der Waals surface area contributed by atoms with E-state index >= 15 is 0 Å². The Hall–Kier alpha value is -0.870. The predicted octanol–water partition coefficient (Wildman–Crippen LogP) is 1.49. The van der Waals surface area contributed by atoms with Gasteiger partial charge < -0.3 is 9.84 Å². The first kappa shape index (κ1) is 11.6. The molecule has 0 bridgehead atoms. The lowest BCUT2D eigenvalue weighted by molar-refractivity contribution is 0.139. The van der Waals surface area contributed by atoms with Gasteiger partial charge in [-0.2, -0.15) is 0 Å². The first-order valence-corrected chi connectivity index (χ1v) is 6.14. The van der Waals surface area contributed by atoms with E-state index in [9.17, 15) is 0 Å². The molecule has 1 saturated heterocycles. The number of piperidine rings is 1. The highest BCUT2D eigenvalue weighted by Gasteiger charge is 2.25. The monoisotopic (exact) mass is 223 g/mol. The molecule has 0 aliphatic carbocycles. The minimum Gasteiger partial charge on any atom is -0.364 e. The second kappa shape index (κ2) is 5.46. The first-order chi connectivity index (χ1) is 7.79. The summed E-state index contributed by atoms with van der Waals surface area (Å²) >= 11 is 0. The van der Waals surface area contributed by atoms with E-state index < -0.39 is 0 Å². The SMILES string of the molecule is CCNC1CCN(Cc2ccon2)CC1C. The van der Waals surface area contributed by atoms with Crippen molar-refractivity contribution in [3.63, 3.8) is 0 Å². The smallest absolute Gasteiger partial charge is 0.124 e. The lowest BCUT2D eigenvalue weighted by atomic mass is 9.94. The molecule has 1 aliphatic rings. The summed E-state index contributed by atoms with van der Waals surface area (Å²) in [5.74, 6) is 0.709. The molecule has 2 atom stereocenters. The Labute approximate surface area is 97.0 Å². The van der Waals surface area contributed by atoms with Gasteiger partial charge in [-0.05, 0) is 18.9 Å². The first-order valence-electron chi connectivity index (χ1n) is 6.14. The van der Waals surface area contributed by atoms with Crippen LogP contribution < -0.4 is 5.32 Å². The molecule has 2 unspecified atom stereocenters. The summed E-state index contributed by atoms with van der Waals surface area (Å²) in [5.41, 5.74) is 1.04. The maximum atomic E-state index is 4.85. The Balaban J connectivity index is 1.82. The van der Waals surface area contributed by atoms with E-state index in [0.717, 1.165) is 31.9 Å². The number of rotatable bonds is 4. The maximum absolute atomic E-state index is 4.85. The molecule has 1 aromatic rings. The molecule has 0 amide bonds. The third-order valence-electron chi connectivity index (χ3n) is 3.33. The highest BCUT2D eigenvalue weighted by Crippen LogP contribution is 2.18. The summed E-state index contributed by atoms with van der Waals surface area (Å²) in [4.78, 5) is 2.45. The number of aromatic nitrogens is 1. The Morgan fingerprint density at radius 3 is 3.12 bits per heavy atom. The van der Waals surface area contributed by atoms with Crippen molar-refractivity contribution in [3.8, 4) is 0 Å². The van der Waals surface area contributed by atoms with Gasteiger partial charge in [-0.3, -0.25) is 4.90 Å². The average Bonchev–Trinajstić information content (AvgIpc) is 2.75. The molecule has 90 valence electrons. The average molecular weight is 223 g/mol. The van der Waals surface area contributed by atoms with Gasteiger partial charge in [0.1, 0.15) is 6.26 Å². The van der Waals surface area contributed by atoms with Crippen molar-refractivity contribution in [1.82, 2.24) is 15.4 Å². The molecule has 1 fully saturated rings. The van der Waals surface area contributed by atoms with E-state index in [1.54, 1.807) is 6.26 Å². The molecule has 4 heteroatoms. The zero-order chi connectivity index (χ0) is 11.4. The van der Waals surface area contributed by atoms with Gasteiger partial charge in [-0.15, -0.1) is 0 Å². The molecular formula is C12H21N3O. The maximum Gasteiger partial charge on any atom is 0.124 e. The van der Waals surface area contributed by atoms with Crippen molar-refractivity contribution in [3.05, 3.63) is 18.0 Å². The fourth-order valence-corrected chi connectivity index (χ4v) is 2.49. The minimum atomic E-state index is 0.679. The molecule has 1 N–H and O–H groups in total. The van der Waals surface area contributed by atoms with Crippen LogP contribution in [0.1, 0.15) is 26.0 Å². The molecule has 2 rings (SSSR count). The standard InChI is InChI=1S/C12H21N3O/c1-3-13-12-4-6-15(8-10(12)2)9-11-5-7-16-14-11/h5,7,10,12-13H,3-4,6,8-9H2,1-2H3. The van der Waals surface area contributed by atoms with Crippen molar-refractivity contribution in [2.45, 2.75) is 32.9 Å². The van der Waals surface area contributed by atoms with Gasteiger partial charge in [0, 0.05) is 31.7 Å². The van der Waals surface area contributed by atoms with E-state index in [0.29, 0.717) is 12.0 Å². The van der Waals surface area contributed by atoms with Gasteiger partial charge >= 0.3 is 0 Å². The second-order valence-corrected chi connectivity index (χ2v) is 4.66. The molecule has 2 heterocycles. The van der Waals surface area contributed by atoms with Crippen LogP contribution in [0, 0.1) is 5.92 Å². The van der Waals surface area contributed by atoms with Crippen LogP contribution in [0.15, 0.2) is 16.9 Å². The fraction of sp³-hybridized carbons (Fsp3) is 0.750. The van der Waals surface area contributed by atoms with Crippen LogP contribution in [0.4, 0.5) is 0 Å². The van der Waals surface area contributed by atoms with Gasteiger partial charge in [0.2, 0.25) is 0 Å². The van der Waals surface area contributed by atoms with Crippen molar-refractivity contribution in [2.75, 3.05) is 19.6 Å².